The van der Waals surface area contributed by atoms with E-state index in [1.54, 1.807) is 6.07 Å². The summed E-state index contributed by atoms with van der Waals surface area (Å²) in [6.45, 7) is 1.52. The highest BCUT2D eigenvalue weighted by atomic mass is 16.3. The highest BCUT2D eigenvalue weighted by molar-refractivity contribution is 5.76. The molecule has 21 heavy (non-hydrogen) atoms. The summed E-state index contributed by atoms with van der Waals surface area (Å²) in [5.41, 5.74) is 0.637. The van der Waals surface area contributed by atoms with Crippen molar-refractivity contribution in [1.29, 1.82) is 0 Å². The Morgan fingerprint density at radius 3 is 2.52 bits per heavy atom. The second kappa shape index (κ2) is 7.31. The Kier molecular flexibility index (Phi) is 5.44. The number of phenols is 2. The highest BCUT2D eigenvalue weighted by Gasteiger charge is 2.21. The molecular weight excluding hydrogens is 270 g/mol. The second-order valence-corrected chi connectivity index (χ2v) is 5.71. The summed E-state index contributed by atoms with van der Waals surface area (Å²) in [7, 11) is 0. The van der Waals surface area contributed by atoms with Crippen LogP contribution in [0.4, 0.5) is 0 Å². The third kappa shape index (κ3) is 4.36. The van der Waals surface area contributed by atoms with Gasteiger partial charge in [0.1, 0.15) is 11.5 Å². The minimum Gasteiger partial charge on any atom is -0.508 e. The van der Waals surface area contributed by atoms with Gasteiger partial charge < -0.3 is 20.2 Å². The molecule has 116 valence electrons. The van der Waals surface area contributed by atoms with Crippen molar-refractivity contribution in [3.05, 3.63) is 23.8 Å². The number of phenolic OH excluding ortho intramolecular Hbond substituents is 2. The molecule has 1 aromatic rings. The van der Waals surface area contributed by atoms with Crippen LogP contribution in [0.3, 0.4) is 0 Å². The number of hydrogen-bond acceptors (Lipinski definition) is 4. The third-order valence-corrected chi connectivity index (χ3v) is 4.01. The first-order valence-electron chi connectivity index (χ1n) is 7.49. The van der Waals surface area contributed by atoms with Crippen molar-refractivity contribution in [2.75, 3.05) is 19.7 Å². The van der Waals surface area contributed by atoms with Crippen molar-refractivity contribution in [2.45, 2.75) is 32.1 Å². The highest BCUT2D eigenvalue weighted by Crippen LogP contribution is 2.26. The fraction of sp³-hybridized carbons (Fsp3) is 0.562. The molecule has 1 unspecified atom stereocenters. The fourth-order valence-electron chi connectivity index (χ4n) is 2.76. The summed E-state index contributed by atoms with van der Waals surface area (Å²) in [5, 5.41) is 28.5. The lowest BCUT2D eigenvalue weighted by molar-refractivity contribution is -0.133. The minimum absolute atomic E-state index is 0.00104. The molecular formula is C16H23NO4. The molecule has 1 heterocycles. The monoisotopic (exact) mass is 293 g/mol. The Morgan fingerprint density at radius 2 is 1.90 bits per heavy atom. The molecule has 0 aliphatic carbocycles. The van der Waals surface area contributed by atoms with Gasteiger partial charge in [-0.25, -0.2) is 0 Å². The van der Waals surface area contributed by atoms with Crippen LogP contribution >= 0.6 is 0 Å². The molecule has 1 saturated heterocycles. The number of amides is 1. The Hall–Kier alpha value is -1.75. The molecule has 3 N–H and O–H groups in total. The fourth-order valence-corrected chi connectivity index (χ4v) is 2.76. The van der Waals surface area contributed by atoms with E-state index in [-0.39, 0.29) is 36.4 Å². The van der Waals surface area contributed by atoms with Gasteiger partial charge in [-0.1, -0.05) is 6.07 Å². The number of nitrogens with zero attached hydrogens (tertiary/aromatic N) is 1. The van der Waals surface area contributed by atoms with Crippen molar-refractivity contribution >= 4 is 5.91 Å². The lowest BCUT2D eigenvalue weighted by Gasteiger charge is -2.28. The number of likely N-dealkylation sites (tertiary alicyclic amines) is 1. The number of carbonyl (C=O) groups is 1. The lowest BCUT2D eigenvalue weighted by Crippen LogP contribution is -2.37. The number of piperidine rings is 1. The van der Waals surface area contributed by atoms with Crippen LogP contribution in [0, 0.1) is 5.92 Å². The molecule has 1 aromatic carbocycles. The molecule has 0 saturated carbocycles. The maximum Gasteiger partial charge on any atom is 0.222 e. The first-order valence-corrected chi connectivity index (χ1v) is 7.49. The van der Waals surface area contributed by atoms with Gasteiger partial charge in [0.2, 0.25) is 5.91 Å². The van der Waals surface area contributed by atoms with Crippen LogP contribution < -0.4 is 0 Å². The first-order chi connectivity index (χ1) is 10.1. The average molecular weight is 293 g/mol. The van der Waals surface area contributed by atoms with Crippen molar-refractivity contribution in [2.24, 2.45) is 5.92 Å². The molecule has 5 heteroatoms. The number of aliphatic hydroxyl groups excluding tert-OH is 1. The first kappa shape index (κ1) is 15.6. The van der Waals surface area contributed by atoms with Crippen molar-refractivity contribution in [1.82, 2.24) is 4.90 Å². The van der Waals surface area contributed by atoms with E-state index in [1.165, 1.54) is 18.6 Å². The Bertz CT molecular complexity index is 483. The van der Waals surface area contributed by atoms with Crippen molar-refractivity contribution < 1.29 is 20.1 Å². The molecule has 1 fully saturated rings. The van der Waals surface area contributed by atoms with Crippen LogP contribution in [0.2, 0.25) is 0 Å². The molecule has 0 bridgehead atoms. The number of hydrogen-bond donors (Lipinski definition) is 3. The van der Waals surface area contributed by atoms with Crippen LogP contribution in [-0.2, 0) is 11.2 Å². The topological polar surface area (TPSA) is 81.0 Å². The van der Waals surface area contributed by atoms with Crippen LogP contribution in [0.5, 0.6) is 11.5 Å². The van der Waals surface area contributed by atoms with E-state index in [9.17, 15) is 20.1 Å². The zero-order valence-electron chi connectivity index (χ0n) is 12.2. The van der Waals surface area contributed by atoms with Crippen LogP contribution in [-0.4, -0.2) is 45.8 Å². The zero-order chi connectivity index (χ0) is 15.2. The Morgan fingerprint density at radius 1 is 1.19 bits per heavy atom. The molecule has 1 aliphatic heterocycles. The number of aromatic hydroxyl groups is 2. The minimum atomic E-state index is -0.213. The smallest absolute Gasteiger partial charge is 0.222 e. The van der Waals surface area contributed by atoms with E-state index in [4.69, 9.17) is 0 Å². The summed E-state index contributed by atoms with van der Waals surface area (Å²) in [4.78, 5) is 14.1. The number of carbonyl (C=O) groups excluding carboxylic acids is 1. The molecule has 0 radical (unpaired) electrons. The van der Waals surface area contributed by atoms with E-state index >= 15 is 0 Å². The van der Waals surface area contributed by atoms with E-state index in [2.05, 4.69) is 0 Å². The largest absolute Gasteiger partial charge is 0.508 e. The zero-order valence-corrected chi connectivity index (χ0v) is 12.2. The van der Waals surface area contributed by atoms with E-state index < -0.39 is 0 Å². The van der Waals surface area contributed by atoms with Gasteiger partial charge in [-0.2, -0.15) is 0 Å². The number of rotatable bonds is 5. The Balaban J connectivity index is 1.94. The van der Waals surface area contributed by atoms with Gasteiger partial charge in [-0.15, -0.1) is 0 Å². The molecule has 0 aromatic heterocycles. The van der Waals surface area contributed by atoms with Gasteiger partial charge in [0.15, 0.2) is 0 Å². The van der Waals surface area contributed by atoms with E-state index in [0.29, 0.717) is 12.0 Å². The van der Waals surface area contributed by atoms with Gasteiger partial charge in [0, 0.05) is 32.2 Å². The van der Waals surface area contributed by atoms with Crippen LogP contribution in [0.1, 0.15) is 31.2 Å². The van der Waals surface area contributed by atoms with Gasteiger partial charge in [0.05, 0.1) is 0 Å². The molecule has 5 nitrogen and oxygen atoms in total. The summed E-state index contributed by atoms with van der Waals surface area (Å²) in [6.07, 6.45) is 3.98. The summed E-state index contributed by atoms with van der Waals surface area (Å²) >= 11 is 0. The quantitative estimate of drug-likeness (QED) is 0.771. The van der Waals surface area contributed by atoms with Crippen molar-refractivity contribution in [3.8, 4) is 11.5 Å². The van der Waals surface area contributed by atoms with Crippen LogP contribution in [0.25, 0.3) is 0 Å². The van der Waals surface area contributed by atoms with Gasteiger partial charge in [-0.3, -0.25) is 4.79 Å². The van der Waals surface area contributed by atoms with Crippen LogP contribution in [0.15, 0.2) is 18.2 Å². The summed E-state index contributed by atoms with van der Waals surface area (Å²) in [6, 6.07) is 4.39. The average Bonchev–Trinajstić information content (AvgIpc) is 2.49. The standard InChI is InChI=1S/C16H23NO4/c18-11-12(8-13-4-5-14(19)10-15(13)20)9-16(21)17-6-2-1-3-7-17/h4-5,10,12,18-20H,1-3,6-9,11H2. The summed E-state index contributed by atoms with van der Waals surface area (Å²) < 4.78 is 0. The van der Waals surface area contributed by atoms with Crippen molar-refractivity contribution in [3.63, 3.8) is 0 Å². The maximum atomic E-state index is 12.2. The molecule has 1 aliphatic rings. The lowest BCUT2D eigenvalue weighted by atomic mass is 9.95. The number of benzene rings is 1. The SMILES string of the molecule is O=C(CC(CO)Cc1ccc(O)cc1O)N1CCCCC1. The summed E-state index contributed by atoms with van der Waals surface area (Å²) in [5.74, 6) is -0.137. The molecule has 1 atom stereocenters. The second-order valence-electron chi connectivity index (χ2n) is 5.71. The molecule has 0 spiro atoms. The van der Waals surface area contributed by atoms with E-state index in [1.807, 2.05) is 4.90 Å². The Labute approximate surface area is 124 Å². The van der Waals surface area contributed by atoms with Gasteiger partial charge in [-0.05, 0) is 43.2 Å². The van der Waals surface area contributed by atoms with E-state index in [0.717, 1.165) is 25.9 Å². The predicted octanol–water partition coefficient (Wildman–Crippen LogP) is 1.65. The molecule has 1 amide bonds. The molecule has 2 rings (SSSR count). The van der Waals surface area contributed by atoms with Gasteiger partial charge >= 0.3 is 0 Å². The van der Waals surface area contributed by atoms with Gasteiger partial charge in [0.25, 0.3) is 0 Å². The normalized spacial score (nSPS) is 16.7. The predicted molar refractivity (Wildman–Crippen MR) is 79.1 cm³/mol. The maximum absolute atomic E-state index is 12.2. The number of aliphatic hydroxyl groups is 1. The third-order valence-electron chi connectivity index (χ3n) is 4.01.